The molecular formula is C10H12BrNO. The van der Waals surface area contributed by atoms with Crippen molar-refractivity contribution >= 4 is 27.7 Å². The fourth-order valence-electron chi connectivity index (χ4n) is 0.982. The molecule has 0 atom stereocenters. The first-order valence-corrected chi connectivity index (χ1v) is 4.86. The van der Waals surface area contributed by atoms with E-state index in [0.717, 1.165) is 15.7 Å². The molecule has 0 bridgehead atoms. The van der Waals surface area contributed by atoms with Crippen LogP contribution in [0, 0.1) is 0 Å². The number of rotatable bonds is 3. The minimum atomic E-state index is 0.174. The van der Waals surface area contributed by atoms with E-state index in [0.29, 0.717) is 6.42 Å². The number of aliphatic hydroxyl groups excluding tert-OH is 1. The van der Waals surface area contributed by atoms with Gasteiger partial charge in [0.25, 0.3) is 0 Å². The Hall–Kier alpha value is -0.800. The van der Waals surface area contributed by atoms with Gasteiger partial charge in [-0.05, 0) is 24.1 Å². The lowest BCUT2D eigenvalue weighted by Crippen LogP contribution is -1.88. The smallest absolute Gasteiger partial charge is 0.0465 e. The lowest BCUT2D eigenvalue weighted by atomic mass is 10.1. The standard InChI is InChI=1S/C10H12BrNO/c11-9-5-4-8(10(12)7-9)3-1-2-6-13/h1,3-5,7,13H,2,6,12H2. The van der Waals surface area contributed by atoms with Gasteiger partial charge in [-0.15, -0.1) is 0 Å². The summed E-state index contributed by atoms with van der Waals surface area (Å²) in [5.41, 5.74) is 7.48. The van der Waals surface area contributed by atoms with Crippen molar-refractivity contribution in [2.24, 2.45) is 0 Å². The summed E-state index contributed by atoms with van der Waals surface area (Å²) in [4.78, 5) is 0. The Morgan fingerprint density at radius 2 is 2.23 bits per heavy atom. The molecule has 1 aromatic rings. The molecule has 0 aliphatic carbocycles. The predicted octanol–water partition coefficient (Wildman–Crippen LogP) is 2.43. The Morgan fingerprint density at radius 1 is 1.46 bits per heavy atom. The summed E-state index contributed by atoms with van der Waals surface area (Å²) < 4.78 is 0.976. The summed E-state index contributed by atoms with van der Waals surface area (Å²) in [6.45, 7) is 0.174. The van der Waals surface area contributed by atoms with Gasteiger partial charge in [0.15, 0.2) is 0 Å². The number of hydrogen-bond acceptors (Lipinski definition) is 2. The molecule has 0 amide bonds. The van der Waals surface area contributed by atoms with Crippen molar-refractivity contribution in [1.82, 2.24) is 0 Å². The molecule has 2 nitrogen and oxygen atoms in total. The Bertz CT molecular complexity index is 310. The number of nitrogen functional groups attached to an aromatic ring is 1. The van der Waals surface area contributed by atoms with Crippen LogP contribution in [-0.4, -0.2) is 11.7 Å². The van der Waals surface area contributed by atoms with Crippen LogP contribution >= 0.6 is 15.9 Å². The molecule has 0 fully saturated rings. The van der Waals surface area contributed by atoms with Crippen LogP contribution < -0.4 is 5.73 Å². The number of anilines is 1. The zero-order chi connectivity index (χ0) is 9.68. The molecule has 0 heterocycles. The van der Waals surface area contributed by atoms with E-state index in [-0.39, 0.29) is 6.61 Å². The van der Waals surface area contributed by atoms with Gasteiger partial charge in [-0.2, -0.15) is 0 Å². The highest BCUT2D eigenvalue weighted by Gasteiger charge is 1.94. The average Bonchev–Trinajstić information content (AvgIpc) is 2.09. The van der Waals surface area contributed by atoms with Crippen molar-refractivity contribution in [1.29, 1.82) is 0 Å². The molecule has 70 valence electrons. The highest BCUT2D eigenvalue weighted by atomic mass is 79.9. The van der Waals surface area contributed by atoms with E-state index in [1.807, 2.05) is 30.4 Å². The fourth-order valence-corrected chi connectivity index (χ4v) is 1.36. The first-order chi connectivity index (χ1) is 6.24. The third-order valence-corrected chi connectivity index (χ3v) is 2.14. The molecule has 1 rings (SSSR count). The van der Waals surface area contributed by atoms with Crippen LogP contribution in [0.5, 0.6) is 0 Å². The minimum Gasteiger partial charge on any atom is -0.398 e. The molecule has 3 heteroatoms. The second-order valence-corrected chi connectivity index (χ2v) is 3.60. The van der Waals surface area contributed by atoms with E-state index in [1.54, 1.807) is 0 Å². The molecule has 0 radical (unpaired) electrons. The number of benzene rings is 1. The predicted molar refractivity (Wildman–Crippen MR) is 59.3 cm³/mol. The number of aliphatic hydroxyl groups is 1. The zero-order valence-corrected chi connectivity index (χ0v) is 8.79. The SMILES string of the molecule is Nc1cc(Br)ccc1C=CCCO. The summed E-state index contributed by atoms with van der Waals surface area (Å²) in [6, 6.07) is 5.74. The summed E-state index contributed by atoms with van der Waals surface area (Å²) >= 11 is 3.33. The van der Waals surface area contributed by atoms with Gasteiger partial charge in [-0.1, -0.05) is 34.1 Å². The summed E-state index contributed by atoms with van der Waals surface area (Å²) in [5, 5.41) is 8.57. The Balaban J connectivity index is 2.77. The van der Waals surface area contributed by atoms with Crippen LogP contribution in [0.1, 0.15) is 12.0 Å². The second kappa shape index (κ2) is 5.04. The molecule has 0 aliphatic rings. The number of halogens is 1. The average molecular weight is 242 g/mol. The van der Waals surface area contributed by atoms with Crippen molar-refractivity contribution in [2.75, 3.05) is 12.3 Å². The van der Waals surface area contributed by atoms with Gasteiger partial charge in [0.1, 0.15) is 0 Å². The quantitative estimate of drug-likeness (QED) is 0.799. The van der Waals surface area contributed by atoms with Gasteiger partial charge in [0, 0.05) is 16.8 Å². The highest BCUT2D eigenvalue weighted by molar-refractivity contribution is 9.10. The molecule has 0 spiro atoms. The Kier molecular flexibility index (Phi) is 3.99. The molecule has 1 aromatic carbocycles. The van der Waals surface area contributed by atoms with Crippen LogP contribution in [0.4, 0.5) is 5.69 Å². The molecule has 13 heavy (non-hydrogen) atoms. The largest absolute Gasteiger partial charge is 0.398 e. The normalized spacial score (nSPS) is 10.9. The van der Waals surface area contributed by atoms with Crippen LogP contribution in [0.25, 0.3) is 6.08 Å². The third-order valence-electron chi connectivity index (χ3n) is 1.64. The van der Waals surface area contributed by atoms with E-state index in [9.17, 15) is 0 Å². The topological polar surface area (TPSA) is 46.2 Å². The molecule has 0 unspecified atom stereocenters. The van der Waals surface area contributed by atoms with E-state index in [1.165, 1.54) is 0 Å². The number of hydrogen-bond donors (Lipinski definition) is 2. The fraction of sp³-hybridized carbons (Fsp3) is 0.200. The summed E-state index contributed by atoms with van der Waals surface area (Å²) in [6.07, 6.45) is 4.48. The van der Waals surface area contributed by atoms with Crippen LogP contribution in [0.2, 0.25) is 0 Å². The highest BCUT2D eigenvalue weighted by Crippen LogP contribution is 2.19. The molecule has 0 saturated heterocycles. The van der Waals surface area contributed by atoms with Crippen molar-refractivity contribution in [2.45, 2.75) is 6.42 Å². The van der Waals surface area contributed by atoms with Gasteiger partial charge in [0.05, 0.1) is 0 Å². The Labute approximate surface area is 86.2 Å². The molecule has 3 N–H and O–H groups in total. The summed E-state index contributed by atoms with van der Waals surface area (Å²) in [5.74, 6) is 0. The second-order valence-electron chi connectivity index (χ2n) is 2.69. The zero-order valence-electron chi connectivity index (χ0n) is 7.20. The minimum absolute atomic E-state index is 0.174. The first kappa shape index (κ1) is 10.3. The monoisotopic (exact) mass is 241 g/mol. The maximum atomic E-state index is 8.57. The molecule has 0 aromatic heterocycles. The summed E-state index contributed by atoms with van der Waals surface area (Å²) in [7, 11) is 0. The van der Waals surface area contributed by atoms with Crippen LogP contribution in [0.3, 0.4) is 0 Å². The van der Waals surface area contributed by atoms with Gasteiger partial charge >= 0.3 is 0 Å². The van der Waals surface area contributed by atoms with Crippen molar-refractivity contribution < 1.29 is 5.11 Å². The van der Waals surface area contributed by atoms with E-state index >= 15 is 0 Å². The lowest BCUT2D eigenvalue weighted by Gasteiger charge is -2.00. The first-order valence-electron chi connectivity index (χ1n) is 4.06. The van der Waals surface area contributed by atoms with Crippen molar-refractivity contribution in [3.05, 3.63) is 34.3 Å². The lowest BCUT2D eigenvalue weighted by molar-refractivity contribution is 0.303. The van der Waals surface area contributed by atoms with E-state index < -0.39 is 0 Å². The van der Waals surface area contributed by atoms with Crippen LogP contribution in [-0.2, 0) is 0 Å². The van der Waals surface area contributed by atoms with Gasteiger partial charge in [-0.25, -0.2) is 0 Å². The Morgan fingerprint density at radius 3 is 2.85 bits per heavy atom. The van der Waals surface area contributed by atoms with Crippen LogP contribution in [0.15, 0.2) is 28.7 Å². The van der Waals surface area contributed by atoms with Crippen molar-refractivity contribution in [3.8, 4) is 0 Å². The number of nitrogens with two attached hydrogens (primary N) is 1. The maximum Gasteiger partial charge on any atom is 0.0465 e. The van der Waals surface area contributed by atoms with E-state index in [2.05, 4.69) is 15.9 Å². The molecular weight excluding hydrogens is 230 g/mol. The molecule has 0 aliphatic heterocycles. The van der Waals surface area contributed by atoms with Crippen molar-refractivity contribution in [3.63, 3.8) is 0 Å². The van der Waals surface area contributed by atoms with E-state index in [4.69, 9.17) is 10.8 Å². The van der Waals surface area contributed by atoms with Gasteiger partial charge in [0.2, 0.25) is 0 Å². The maximum absolute atomic E-state index is 8.57. The molecule has 0 saturated carbocycles. The third kappa shape index (κ3) is 3.20. The van der Waals surface area contributed by atoms with Gasteiger partial charge < -0.3 is 10.8 Å². The van der Waals surface area contributed by atoms with Gasteiger partial charge in [-0.3, -0.25) is 0 Å².